The summed E-state index contributed by atoms with van der Waals surface area (Å²) in [7, 11) is -8.27. The molecule has 2 aromatic heterocycles. The Balaban J connectivity index is 0.000000562. The van der Waals surface area contributed by atoms with Crippen molar-refractivity contribution in [3.63, 3.8) is 0 Å². The second-order valence-corrected chi connectivity index (χ2v) is 13.5. The molecule has 0 aliphatic carbocycles. The fourth-order valence-electron chi connectivity index (χ4n) is 5.04. The predicted octanol–water partition coefficient (Wildman–Crippen LogP) is -9.49. The summed E-state index contributed by atoms with van der Waals surface area (Å²) in [6.45, 7) is -1.44. The van der Waals surface area contributed by atoms with E-state index in [9.17, 15) is 47.9 Å². The van der Waals surface area contributed by atoms with E-state index in [4.69, 9.17) is 0 Å². The van der Waals surface area contributed by atoms with Crippen LogP contribution in [0, 0.1) is 0 Å². The van der Waals surface area contributed by atoms with Crippen molar-refractivity contribution < 1.29 is 185 Å². The Hall–Kier alpha value is -2.08. The number of fused-ring (bicyclic) bond motifs is 2. The maximum Gasteiger partial charge on any atom is 1.00 e. The molecule has 292 valence electrons. The summed E-state index contributed by atoms with van der Waals surface area (Å²) in [5.74, 6) is -0.726. The van der Waals surface area contributed by atoms with Crippen LogP contribution in [0.3, 0.4) is 0 Å². The van der Waals surface area contributed by atoms with Gasteiger partial charge < -0.3 is 47.2 Å². The number of hydrogen-bond acceptors (Lipinski definition) is 16. The molecule has 0 radical (unpaired) electrons. The molecule has 0 saturated carbocycles. The van der Waals surface area contributed by atoms with Crippen LogP contribution in [0.4, 0.5) is 21.5 Å². The Morgan fingerprint density at radius 1 is 0.550 bits per heavy atom. The average Bonchev–Trinajstić information content (AvgIpc) is 3.71. The first-order chi connectivity index (χ1) is 26.6. The fraction of sp³-hybridized carbons (Fsp3) is 0.118. The number of anilines is 2. The van der Waals surface area contributed by atoms with E-state index in [1.165, 1.54) is 30.3 Å². The minimum atomic E-state index is -5.28. The molecular formula is C34H28N6Na4O14P2. The Kier molecular flexibility index (Phi) is 23.6. The Morgan fingerprint density at radius 2 is 0.950 bits per heavy atom. The minimum Gasteiger partial charge on any atom is -0.790 e. The van der Waals surface area contributed by atoms with Gasteiger partial charge in [0.2, 0.25) is 11.9 Å². The summed E-state index contributed by atoms with van der Waals surface area (Å²) in [5, 5.41) is 4.60. The number of ether oxygens (including phenoxy) is 2. The molecule has 0 unspecified atom stereocenters. The molecule has 2 N–H and O–H groups in total. The number of rotatable bonds is 12. The van der Waals surface area contributed by atoms with Crippen molar-refractivity contribution in [1.82, 2.24) is 19.1 Å². The van der Waals surface area contributed by atoms with Gasteiger partial charge in [-0.25, -0.2) is 19.6 Å². The van der Waals surface area contributed by atoms with E-state index >= 15 is 0 Å². The summed E-state index contributed by atoms with van der Waals surface area (Å²) in [6.07, 6.45) is -1.71. The van der Waals surface area contributed by atoms with Crippen molar-refractivity contribution in [3.05, 3.63) is 119 Å². The first-order valence-corrected chi connectivity index (χ1v) is 18.7. The first-order valence-electron chi connectivity index (χ1n) is 15.8. The molecule has 20 nitrogen and oxygen atoms in total. The molecule has 0 saturated heterocycles. The van der Waals surface area contributed by atoms with Crippen LogP contribution < -0.4 is 148 Å². The summed E-state index contributed by atoms with van der Waals surface area (Å²) < 4.78 is 41.6. The zero-order valence-corrected chi connectivity index (χ0v) is 42.8. The quantitative estimate of drug-likeness (QED) is 0.0655. The SMILES string of the molecule is COC(=O)Nc1nc2cc(C(=O)c3ccccc3)ccc2n1COP(=O)([O-])[O-].COC(=O)Nc1nc2ccc(C(=O)c3ccccc3)cc2n1COP(=O)([O-])[O-].[Na+].[Na+].[Na+].[Na+]. The molecule has 0 aliphatic heterocycles. The van der Waals surface area contributed by atoms with Gasteiger partial charge in [0.05, 0.1) is 51.9 Å². The number of nitrogens with one attached hydrogen (secondary N) is 2. The molecule has 0 bridgehead atoms. The number of carbonyl (C=O) groups excluding carboxylic acids is 4. The van der Waals surface area contributed by atoms with Gasteiger partial charge in [-0.15, -0.1) is 0 Å². The third-order valence-electron chi connectivity index (χ3n) is 7.58. The van der Waals surface area contributed by atoms with Crippen molar-refractivity contribution in [3.8, 4) is 0 Å². The Bertz CT molecular complexity index is 2500. The largest absolute Gasteiger partial charge is 1.00 e. The van der Waals surface area contributed by atoms with Crippen LogP contribution in [-0.4, -0.2) is 57.1 Å². The average molecular weight is 899 g/mol. The topological polar surface area (TPSA) is 291 Å². The van der Waals surface area contributed by atoms with E-state index in [0.717, 1.165) is 23.4 Å². The van der Waals surface area contributed by atoms with Crippen LogP contribution in [0.15, 0.2) is 97.1 Å². The third kappa shape index (κ3) is 15.6. The summed E-state index contributed by atoms with van der Waals surface area (Å²) in [4.78, 5) is 99.9. The molecular weight excluding hydrogens is 870 g/mol. The summed E-state index contributed by atoms with van der Waals surface area (Å²) in [5.41, 5.74) is 2.82. The fourth-order valence-corrected chi connectivity index (χ4v) is 5.55. The number of phosphoric acid groups is 2. The van der Waals surface area contributed by atoms with Gasteiger partial charge in [-0.05, 0) is 36.4 Å². The number of phosphoric ester groups is 2. The van der Waals surface area contributed by atoms with Crippen LogP contribution in [0.25, 0.3) is 22.1 Å². The number of nitrogens with zero attached hydrogens (tertiary/aromatic N) is 4. The molecule has 0 fully saturated rings. The number of methoxy groups -OCH3 is 2. The van der Waals surface area contributed by atoms with Gasteiger partial charge in [0.15, 0.2) is 11.6 Å². The van der Waals surface area contributed by atoms with Crippen molar-refractivity contribution >= 4 is 73.4 Å². The number of hydrogen-bond donors (Lipinski definition) is 2. The molecule has 60 heavy (non-hydrogen) atoms. The molecule has 2 heterocycles. The molecule has 2 amide bonds. The van der Waals surface area contributed by atoms with Gasteiger partial charge in [0, 0.05) is 22.3 Å². The Morgan fingerprint density at radius 3 is 1.38 bits per heavy atom. The van der Waals surface area contributed by atoms with Gasteiger partial charge >= 0.3 is 130 Å². The van der Waals surface area contributed by atoms with E-state index < -0.39 is 41.3 Å². The molecule has 0 atom stereocenters. The third-order valence-corrected chi connectivity index (χ3v) is 8.44. The normalized spacial score (nSPS) is 10.6. The molecule has 6 aromatic rings. The summed E-state index contributed by atoms with van der Waals surface area (Å²) in [6, 6.07) is 26.2. The van der Waals surface area contributed by atoms with Crippen LogP contribution in [0.2, 0.25) is 0 Å². The molecule has 4 aromatic carbocycles. The van der Waals surface area contributed by atoms with E-state index in [2.05, 4.69) is 39.1 Å². The molecule has 6 rings (SSSR count). The number of ketones is 2. The minimum absolute atomic E-state index is 0. The smallest absolute Gasteiger partial charge is 0.790 e. The second-order valence-electron chi connectivity index (χ2n) is 11.2. The predicted molar refractivity (Wildman–Crippen MR) is 189 cm³/mol. The molecule has 0 aliphatic rings. The van der Waals surface area contributed by atoms with Gasteiger partial charge in [0.25, 0.3) is 0 Å². The maximum absolute atomic E-state index is 12.7. The number of amides is 2. The van der Waals surface area contributed by atoms with E-state index in [0.29, 0.717) is 33.3 Å². The first kappa shape index (κ1) is 55.9. The maximum atomic E-state index is 12.7. The van der Waals surface area contributed by atoms with Crippen LogP contribution in [0.5, 0.6) is 0 Å². The van der Waals surface area contributed by atoms with Crippen molar-refractivity contribution in [1.29, 1.82) is 0 Å². The second kappa shape index (κ2) is 25.3. The van der Waals surface area contributed by atoms with Gasteiger partial charge in [-0.2, -0.15) is 0 Å². The van der Waals surface area contributed by atoms with Crippen molar-refractivity contribution in [2.45, 2.75) is 13.5 Å². The van der Waals surface area contributed by atoms with Gasteiger partial charge in [-0.3, -0.25) is 29.4 Å². The Labute approximate surface area is 429 Å². The van der Waals surface area contributed by atoms with Crippen LogP contribution >= 0.6 is 15.6 Å². The monoisotopic (exact) mass is 898 g/mol. The summed E-state index contributed by atoms with van der Waals surface area (Å²) >= 11 is 0. The van der Waals surface area contributed by atoms with E-state index in [1.54, 1.807) is 66.7 Å². The van der Waals surface area contributed by atoms with E-state index in [1.807, 2.05) is 0 Å². The zero-order valence-electron chi connectivity index (χ0n) is 33.1. The van der Waals surface area contributed by atoms with Crippen LogP contribution in [0.1, 0.15) is 31.8 Å². The van der Waals surface area contributed by atoms with Crippen molar-refractivity contribution in [2.75, 3.05) is 24.9 Å². The number of imidazole rings is 2. The standard InChI is InChI=1S/2C17H16N3O7P.4Na/c1-26-17(22)19-16-18-13-9-12(15(21)11-5-3-2-4-6-11)7-8-14(13)20(16)10-27-28(23,24)25;1-26-17(22)19-16-18-13-8-7-12(15(21)11-5-3-2-4-6-11)9-14(13)20(16)10-27-28(23,24)25;;;;/h2*2-9H,10H2,1H3,(H,18,19,22)(H2,23,24,25);;;;/q;;4*+1/p-4. The number of carbonyl (C=O) groups is 4. The molecule has 0 spiro atoms. The molecule has 26 heteroatoms. The van der Waals surface area contributed by atoms with E-state index in [-0.39, 0.29) is 153 Å². The van der Waals surface area contributed by atoms with Gasteiger partial charge in [0.1, 0.15) is 13.5 Å². The number of benzene rings is 4. The zero-order chi connectivity index (χ0) is 40.6. The van der Waals surface area contributed by atoms with Gasteiger partial charge in [-0.1, -0.05) is 60.7 Å². The van der Waals surface area contributed by atoms with Crippen LogP contribution in [-0.2, 0) is 41.1 Å². The van der Waals surface area contributed by atoms with Crippen molar-refractivity contribution in [2.24, 2.45) is 0 Å². The number of aromatic nitrogens is 4.